The second-order valence-corrected chi connectivity index (χ2v) is 5.69. The molecule has 0 unspecified atom stereocenters. The Hall–Kier alpha value is -2.54. The Morgan fingerprint density at radius 1 is 1.29 bits per heavy atom. The summed E-state index contributed by atoms with van der Waals surface area (Å²) in [5.41, 5.74) is 3.18. The second kappa shape index (κ2) is 7.35. The molecule has 0 aliphatic carbocycles. The van der Waals surface area contributed by atoms with E-state index in [9.17, 15) is 4.79 Å². The van der Waals surface area contributed by atoms with E-state index in [4.69, 9.17) is 9.47 Å². The summed E-state index contributed by atoms with van der Waals surface area (Å²) in [7, 11) is 3.20. The Balaban J connectivity index is 1.59. The molecule has 128 valence electrons. The van der Waals surface area contributed by atoms with Crippen LogP contribution >= 0.6 is 0 Å². The number of anilines is 1. The number of carbonyl (C=O) groups excluding carboxylic acids is 1. The van der Waals surface area contributed by atoms with Crippen LogP contribution < -0.4 is 20.1 Å². The topological polar surface area (TPSA) is 88.3 Å². The molecule has 3 N–H and O–H groups in total. The number of aromatic amines is 1. The third-order valence-corrected chi connectivity index (χ3v) is 4.15. The minimum atomic E-state index is -0.0439. The lowest BCUT2D eigenvalue weighted by Gasteiger charge is -2.13. The van der Waals surface area contributed by atoms with Crippen LogP contribution in [0, 0.1) is 0 Å². The van der Waals surface area contributed by atoms with Gasteiger partial charge in [0.2, 0.25) is 5.91 Å². The van der Waals surface area contributed by atoms with Gasteiger partial charge in [-0.3, -0.25) is 9.89 Å². The highest BCUT2D eigenvalue weighted by atomic mass is 16.5. The van der Waals surface area contributed by atoms with Crippen LogP contribution in [0.15, 0.2) is 18.2 Å². The van der Waals surface area contributed by atoms with E-state index in [0.717, 1.165) is 36.3 Å². The average Bonchev–Trinajstić information content (AvgIpc) is 3.02. The number of rotatable bonds is 6. The smallest absolute Gasteiger partial charge is 0.225 e. The Bertz CT molecular complexity index is 727. The molecule has 2 aromatic rings. The van der Waals surface area contributed by atoms with Gasteiger partial charge in [-0.1, -0.05) is 6.07 Å². The highest BCUT2D eigenvalue weighted by Crippen LogP contribution is 2.28. The van der Waals surface area contributed by atoms with E-state index >= 15 is 0 Å². The molecule has 0 saturated carbocycles. The van der Waals surface area contributed by atoms with E-state index in [1.54, 1.807) is 14.2 Å². The van der Waals surface area contributed by atoms with Crippen molar-refractivity contribution in [2.75, 3.05) is 26.1 Å². The number of hydrogen-bond acceptors (Lipinski definition) is 5. The molecule has 0 spiro atoms. The lowest BCUT2D eigenvalue weighted by molar-refractivity contribution is -0.116. The van der Waals surface area contributed by atoms with E-state index in [1.807, 2.05) is 18.2 Å². The Labute approximate surface area is 140 Å². The van der Waals surface area contributed by atoms with E-state index in [1.165, 1.54) is 0 Å². The zero-order chi connectivity index (χ0) is 16.9. The van der Waals surface area contributed by atoms with Crippen molar-refractivity contribution in [2.45, 2.75) is 25.8 Å². The molecular formula is C17H22N4O3. The number of amides is 1. The van der Waals surface area contributed by atoms with Gasteiger partial charge in [0, 0.05) is 18.5 Å². The third-order valence-electron chi connectivity index (χ3n) is 4.15. The number of hydrogen-bond donors (Lipinski definition) is 3. The quantitative estimate of drug-likeness (QED) is 0.749. The van der Waals surface area contributed by atoms with Crippen LogP contribution in [0.3, 0.4) is 0 Å². The lowest BCUT2D eigenvalue weighted by atomic mass is 10.1. The first-order chi connectivity index (χ1) is 11.7. The van der Waals surface area contributed by atoms with Gasteiger partial charge < -0.3 is 20.1 Å². The fraction of sp³-hybridized carbons (Fsp3) is 0.412. The predicted octanol–water partition coefficient (Wildman–Crippen LogP) is 1.64. The normalized spacial score (nSPS) is 13.2. The van der Waals surface area contributed by atoms with Gasteiger partial charge in [-0.05, 0) is 37.1 Å². The maximum absolute atomic E-state index is 12.2. The summed E-state index contributed by atoms with van der Waals surface area (Å²) >= 11 is 0. The molecule has 0 saturated heterocycles. The zero-order valence-electron chi connectivity index (χ0n) is 13.9. The molecule has 1 aromatic carbocycles. The van der Waals surface area contributed by atoms with E-state index in [-0.39, 0.29) is 5.91 Å². The molecule has 0 radical (unpaired) electrons. The third kappa shape index (κ3) is 3.51. The first kappa shape index (κ1) is 16.3. The van der Waals surface area contributed by atoms with Gasteiger partial charge in [0.15, 0.2) is 17.3 Å². The van der Waals surface area contributed by atoms with Gasteiger partial charge in [0.1, 0.15) is 0 Å². The predicted molar refractivity (Wildman–Crippen MR) is 90.5 cm³/mol. The van der Waals surface area contributed by atoms with Gasteiger partial charge in [0.25, 0.3) is 0 Å². The number of carbonyl (C=O) groups is 1. The average molecular weight is 330 g/mol. The molecule has 0 fully saturated rings. The van der Waals surface area contributed by atoms with Crippen molar-refractivity contribution < 1.29 is 14.3 Å². The van der Waals surface area contributed by atoms with Gasteiger partial charge in [-0.15, -0.1) is 0 Å². The molecular weight excluding hydrogens is 308 g/mol. The summed E-state index contributed by atoms with van der Waals surface area (Å²) < 4.78 is 10.5. The second-order valence-electron chi connectivity index (χ2n) is 5.69. The molecule has 7 heteroatoms. The summed E-state index contributed by atoms with van der Waals surface area (Å²) in [6.07, 6.45) is 1.88. The van der Waals surface area contributed by atoms with E-state index in [2.05, 4.69) is 20.8 Å². The van der Waals surface area contributed by atoms with Gasteiger partial charge >= 0.3 is 0 Å². The Kier molecular flexibility index (Phi) is 5.00. The van der Waals surface area contributed by atoms with Crippen molar-refractivity contribution in [2.24, 2.45) is 0 Å². The first-order valence-electron chi connectivity index (χ1n) is 7.99. The molecule has 1 aliphatic rings. The summed E-state index contributed by atoms with van der Waals surface area (Å²) in [6.45, 7) is 1.67. The summed E-state index contributed by atoms with van der Waals surface area (Å²) in [5, 5.41) is 13.4. The fourth-order valence-corrected chi connectivity index (χ4v) is 2.84. The van der Waals surface area contributed by atoms with Crippen molar-refractivity contribution in [1.82, 2.24) is 15.5 Å². The van der Waals surface area contributed by atoms with Crippen LogP contribution in [0.25, 0.3) is 0 Å². The van der Waals surface area contributed by atoms with Gasteiger partial charge in [-0.2, -0.15) is 5.10 Å². The van der Waals surface area contributed by atoms with Crippen molar-refractivity contribution in [3.05, 3.63) is 35.0 Å². The molecule has 3 rings (SSSR count). The minimum absolute atomic E-state index is 0.0439. The molecule has 0 atom stereocenters. The van der Waals surface area contributed by atoms with Crippen LogP contribution in [0.4, 0.5) is 5.82 Å². The van der Waals surface area contributed by atoms with Crippen LogP contribution in [0.2, 0.25) is 0 Å². The number of nitrogens with one attached hydrogen (secondary N) is 3. The summed E-state index contributed by atoms with van der Waals surface area (Å²) in [6, 6.07) is 5.69. The number of methoxy groups -OCH3 is 2. The van der Waals surface area contributed by atoms with Crippen LogP contribution in [0.5, 0.6) is 11.5 Å². The number of nitrogens with zero attached hydrogens (tertiary/aromatic N) is 1. The molecule has 1 amide bonds. The van der Waals surface area contributed by atoms with Crippen LogP contribution in [-0.2, 0) is 24.2 Å². The van der Waals surface area contributed by atoms with Crippen molar-refractivity contribution in [1.29, 1.82) is 0 Å². The van der Waals surface area contributed by atoms with Crippen molar-refractivity contribution in [3.8, 4) is 11.5 Å². The molecule has 0 bridgehead atoms. The highest BCUT2D eigenvalue weighted by molar-refractivity contribution is 5.90. The zero-order valence-corrected chi connectivity index (χ0v) is 13.9. The number of H-pyrrole nitrogens is 1. The number of aryl methyl sites for hydroxylation is 1. The van der Waals surface area contributed by atoms with Crippen molar-refractivity contribution >= 4 is 11.7 Å². The number of ether oxygens (including phenoxy) is 2. The number of benzene rings is 1. The molecule has 2 heterocycles. The maximum Gasteiger partial charge on any atom is 0.225 e. The van der Waals surface area contributed by atoms with Gasteiger partial charge in [-0.25, -0.2) is 0 Å². The first-order valence-corrected chi connectivity index (χ1v) is 7.99. The van der Waals surface area contributed by atoms with E-state index in [0.29, 0.717) is 30.2 Å². The highest BCUT2D eigenvalue weighted by Gasteiger charge is 2.18. The lowest BCUT2D eigenvalue weighted by Crippen LogP contribution is -2.24. The Morgan fingerprint density at radius 3 is 2.92 bits per heavy atom. The van der Waals surface area contributed by atoms with Crippen LogP contribution in [-0.4, -0.2) is 36.9 Å². The van der Waals surface area contributed by atoms with Crippen LogP contribution in [0.1, 0.15) is 23.2 Å². The van der Waals surface area contributed by atoms with Crippen molar-refractivity contribution in [3.63, 3.8) is 0 Å². The summed E-state index contributed by atoms with van der Waals surface area (Å²) in [4.78, 5) is 12.2. The maximum atomic E-state index is 12.2. The SMILES string of the molecule is COc1ccc(CCC(=O)Nc2n[nH]c3c2CCNC3)cc1OC. The van der Waals surface area contributed by atoms with E-state index < -0.39 is 0 Å². The molecule has 1 aliphatic heterocycles. The minimum Gasteiger partial charge on any atom is -0.493 e. The molecule has 1 aromatic heterocycles. The summed E-state index contributed by atoms with van der Waals surface area (Å²) in [5.74, 6) is 1.97. The fourth-order valence-electron chi connectivity index (χ4n) is 2.84. The Morgan fingerprint density at radius 2 is 2.12 bits per heavy atom. The largest absolute Gasteiger partial charge is 0.493 e. The monoisotopic (exact) mass is 330 g/mol. The molecule has 24 heavy (non-hydrogen) atoms. The number of fused-ring (bicyclic) bond motifs is 1. The van der Waals surface area contributed by atoms with Gasteiger partial charge in [0.05, 0.1) is 19.9 Å². The number of aromatic nitrogens is 2. The molecule has 7 nitrogen and oxygen atoms in total. The standard InChI is InChI=1S/C17H22N4O3/c1-23-14-5-3-11(9-15(14)24-2)4-6-16(22)19-17-12-7-8-18-10-13(12)20-21-17/h3,5,9,18H,4,6-8,10H2,1-2H3,(H2,19,20,21,22).